The van der Waals surface area contributed by atoms with Gasteiger partial charge >= 0.3 is 0 Å². The van der Waals surface area contributed by atoms with Gasteiger partial charge in [-0.15, -0.1) is 0 Å². The molecule has 7 nitrogen and oxygen atoms in total. The molecule has 2 aromatic carbocycles. The number of hydrogen-bond acceptors (Lipinski definition) is 6. The minimum absolute atomic E-state index is 0.248. The molecule has 3 aromatic rings. The van der Waals surface area contributed by atoms with Crippen molar-refractivity contribution >= 4 is 22.5 Å². The third kappa shape index (κ3) is 3.96. The number of amides is 1. The van der Waals surface area contributed by atoms with Crippen molar-refractivity contribution in [3.8, 4) is 17.2 Å². The number of nitrogens with zero attached hydrogens (tertiary/aromatic N) is 1. The zero-order valence-corrected chi connectivity index (χ0v) is 17.3. The number of pyridine rings is 1. The topological polar surface area (TPSA) is 95.7 Å². The molecule has 0 fully saturated rings. The van der Waals surface area contributed by atoms with Gasteiger partial charge in [-0.3, -0.25) is 9.78 Å². The summed E-state index contributed by atoms with van der Waals surface area (Å²) in [5.41, 5.74) is 8.23. The number of benzene rings is 2. The van der Waals surface area contributed by atoms with Gasteiger partial charge in [-0.2, -0.15) is 0 Å². The van der Waals surface area contributed by atoms with E-state index < -0.39 is 5.54 Å². The summed E-state index contributed by atoms with van der Waals surface area (Å²) in [6.45, 7) is 6.83. The van der Waals surface area contributed by atoms with Crippen LogP contribution in [0.5, 0.6) is 17.2 Å². The highest BCUT2D eigenvalue weighted by atomic mass is 16.6. The van der Waals surface area contributed by atoms with Crippen molar-refractivity contribution in [3.05, 3.63) is 53.7 Å². The second kappa shape index (κ2) is 7.74. The number of nitrogens with two attached hydrogens (primary N) is 1. The van der Waals surface area contributed by atoms with Crippen LogP contribution in [0.4, 0.5) is 5.69 Å². The number of carbonyl (C=O) groups excluding carboxylic acids is 1. The van der Waals surface area contributed by atoms with Crippen LogP contribution in [0.2, 0.25) is 0 Å². The van der Waals surface area contributed by atoms with Crippen molar-refractivity contribution in [2.75, 3.05) is 25.6 Å². The highest BCUT2D eigenvalue weighted by molar-refractivity contribution is 5.98. The largest absolute Gasteiger partial charge is 0.490 e. The molecule has 0 saturated carbocycles. The summed E-state index contributed by atoms with van der Waals surface area (Å²) in [4.78, 5) is 17.4. The Morgan fingerprint density at radius 3 is 2.80 bits per heavy atom. The maximum atomic E-state index is 12.9. The van der Waals surface area contributed by atoms with E-state index in [0.717, 1.165) is 16.6 Å². The number of aromatic nitrogens is 1. The molecule has 4 rings (SSSR count). The van der Waals surface area contributed by atoms with Crippen LogP contribution >= 0.6 is 0 Å². The Hall–Kier alpha value is -3.48. The van der Waals surface area contributed by atoms with Crippen LogP contribution in [0.15, 0.2) is 42.5 Å². The number of nitrogen functional groups attached to an aromatic ring is 1. The van der Waals surface area contributed by atoms with E-state index in [1.807, 2.05) is 45.0 Å². The van der Waals surface area contributed by atoms with Gasteiger partial charge < -0.3 is 25.3 Å². The van der Waals surface area contributed by atoms with Crippen LogP contribution < -0.4 is 25.3 Å². The van der Waals surface area contributed by atoms with Crippen molar-refractivity contribution in [2.24, 2.45) is 0 Å². The fourth-order valence-corrected chi connectivity index (χ4v) is 3.46. The molecule has 1 aliphatic heterocycles. The molecule has 0 saturated heterocycles. The molecule has 0 radical (unpaired) electrons. The van der Waals surface area contributed by atoms with Gasteiger partial charge in [0.05, 0.1) is 22.0 Å². The van der Waals surface area contributed by atoms with Gasteiger partial charge in [-0.1, -0.05) is 12.1 Å². The first-order valence-electron chi connectivity index (χ1n) is 9.84. The van der Waals surface area contributed by atoms with Crippen molar-refractivity contribution < 1.29 is 19.0 Å². The third-order valence-electron chi connectivity index (χ3n) is 4.81. The zero-order valence-electron chi connectivity index (χ0n) is 17.3. The Kier molecular flexibility index (Phi) is 5.11. The Labute approximate surface area is 175 Å². The molecule has 1 aliphatic rings. The highest BCUT2D eigenvalue weighted by Crippen LogP contribution is 2.34. The zero-order chi connectivity index (χ0) is 21.3. The number of aryl methyl sites for hydroxylation is 1. The highest BCUT2D eigenvalue weighted by Gasteiger charge is 2.27. The van der Waals surface area contributed by atoms with E-state index in [0.29, 0.717) is 41.7 Å². The Balaban J connectivity index is 1.51. The Morgan fingerprint density at radius 1 is 1.20 bits per heavy atom. The first-order valence-corrected chi connectivity index (χ1v) is 9.84. The van der Waals surface area contributed by atoms with Crippen molar-refractivity contribution in [1.29, 1.82) is 0 Å². The van der Waals surface area contributed by atoms with Crippen LogP contribution in [0.25, 0.3) is 10.9 Å². The van der Waals surface area contributed by atoms with E-state index in [9.17, 15) is 4.79 Å². The molecule has 156 valence electrons. The summed E-state index contributed by atoms with van der Waals surface area (Å²) in [5.74, 6) is 1.44. The second-order valence-corrected chi connectivity index (χ2v) is 7.96. The quantitative estimate of drug-likeness (QED) is 0.672. The number of anilines is 1. The van der Waals surface area contributed by atoms with Gasteiger partial charge in [0, 0.05) is 11.4 Å². The van der Waals surface area contributed by atoms with Gasteiger partial charge in [0.25, 0.3) is 5.91 Å². The molecule has 0 unspecified atom stereocenters. The molecule has 30 heavy (non-hydrogen) atoms. The lowest BCUT2D eigenvalue weighted by Crippen LogP contribution is -2.48. The maximum absolute atomic E-state index is 12.9. The first kappa shape index (κ1) is 19.8. The average molecular weight is 407 g/mol. The molecule has 3 N–H and O–H groups in total. The third-order valence-corrected chi connectivity index (χ3v) is 4.81. The van der Waals surface area contributed by atoms with Gasteiger partial charge in [0.1, 0.15) is 25.6 Å². The molecular formula is C23H25N3O4. The second-order valence-electron chi connectivity index (χ2n) is 7.96. The standard InChI is InChI=1S/C23H25N3O4/c1-14-12-16(24)20-17(25-14)7-5-8-18(20)30-13-23(2,3)26-22(27)15-6-4-9-19-21(15)29-11-10-28-19/h4-9,12H,10-11,13H2,1-3H3,(H2,24,25)(H,26,27). The number of nitrogens with one attached hydrogen (secondary N) is 1. The molecule has 1 amide bonds. The number of hydrogen-bond donors (Lipinski definition) is 2. The molecule has 0 bridgehead atoms. The summed E-state index contributed by atoms with van der Waals surface area (Å²) >= 11 is 0. The lowest BCUT2D eigenvalue weighted by atomic mass is 10.0. The van der Waals surface area contributed by atoms with E-state index in [1.165, 1.54) is 0 Å². The number of rotatable bonds is 5. The minimum Gasteiger partial charge on any atom is -0.490 e. The predicted molar refractivity (Wildman–Crippen MR) is 115 cm³/mol. The fraction of sp³-hybridized carbons (Fsp3) is 0.304. The monoisotopic (exact) mass is 407 g/mol. The Bertz CT molecular complexity index is 1110. The van der Waals surface area contributed by atoms with E-state index in [2.05, 4.69) is 10.3 Å². The molecule has 0 spiro atoms. The van der Waals surface area contributed by atoms with E-state index in [4.69, 9.17) is 19.9 Å². The summed E-state index contributed by atoms with van der Waals surface area (Å²) in [6.07, 6.45) is 0. The molecular weight excluding hydrogens is 382 g/mol. The summed E-state index contributed by atoms with van der Waals surface area (Å²) < 4.78 is 17.3. The Morgan fingerprint density at radius 2 is 1.97 bits per heavy atom. The van der Waals surface area contributed by atoms with Crippen molar-refractivity contribution in [2.45, 2.75) is 26.3 Å². The molecule has 0 atom stereocenters. The molecule has 1 aromatic heterocycles. The van der Waals surface area contributed by atoms with Crippen LogP contribution in [0.1, 0.15) is 29.9 Å². The van der Waals surface area contributed by atoms with E-state index in [-0.39, 0.29) is 12.5 Å². The number of para-hydroxylation sites is 1. The van der Waals surface area contributed by atoms with Crippen LogP contribution in [-0.4, -0.2) is 36.3 Å². The molecule has 2 heterocycles. The van der Waals surface area contributed by atoms with Crippen LogP contribution in [-0.2, 0) is 0 Å². The SMILES string of the molecule is Cc1cc(N)c2c(OCC(C)(C)NC(=O)c3cccc4c3OCCO4)cccc2n1. The van der Waals surface area contributed by atoms with Gasteiger partial charge in [0.2, 0.25) is 0 Å². The summed E-state index contributed by atoms with van der Waals surface area (Å²) in [6, 6.07) is 12.7. The van der Waals surface area contributed by atoms with Gasteiger partial charge in [-0.05, 0) is 51.1 Å². The summed E-state index contributed by atoms with van der Waals surface area (Å²) in [5, 5.41) is 3.79. The fourth-order valence-electron chi connectivity index (χ4n) is 3.46. The lowest BCUT2D eigenvalue weighted by molar-refractivity contribution is 0.0871. The minimum atomic E-state index is -0.648. The predicted octanol–water partition coefficient (Wildman–Crippen LogP) is 3.48. The molecule has 7 heteroatoms. The maximum Gasteiger partial charge on any atom is 0.255 e. The van der Waals surface area contributed by atoms with E-state index in [1.54, 1.807) is 18.2 Å². The molecule has 0 aliphatic carbocycles. The van der Waals surface area contributed by atoms with Crippen LogP contribution in [0.3, 0.4) is 0 Å². The van der Waals surface area contributed by atoms with Crippen molar-refractivity contribution in [3.63, 3.8) is 0 Å². The normalized spacial score (nSPS) is 13.2. The smallest absolute Gasteiger partial charge is 0.255 e. The lowest BCUT2D eigenvalue weighted by Gasteiger charge is -2.28. The summed E-state index contributed by atoms with van der Waals surface area (Å²) in [7, 11) is 0. The van der Waals surface area contributed by atoms with Crippen LogP contribution in [0, 0.1) is 6.92 Å². The number of ether oxygens (including phenoxy) is 3. The number of fused-ring (bicyclic) bond motifs is 2. The van der Waals surface area contributed by atoms with E-state index >= 15 is 0 Å². The van der Waals surface area contributed by atoms with Crippen molar-refractivity contribution in [1.82, 2.24) is 10.3 Å². The number of carbonyl (C=O) groups is 1. The van der Waals surface area contributed by atoms with Gasteiger partial charge in [0.15, 0.2) is 11.5 Å². The van der Waals surface area contributed by atoms with Gasteiger partial charge in [-0.25, -0.2) is 0 Å². The average Bonchev–Trinajstić information content (AvgIpc) is 2.71. The first-order chi connectivity index (χ1) is 14.3.